The van der Waals surface area contributed by atoms with Crippen molar-refractivity contribution in [2.75, 3.05) is 0 Å². The lowest BCUT2D eigenvalue weighted by atomic mass is 10.1. The molecule has 1 aromatic heterocycles. The highest BCUT2D eigenvalue weighted by molar-refractivity contribution is 5.61. The predicted octanol–water partition coefficient (Wildman–Crippen LogP) is 1.86. The van der Waals surface area contributed by atoms with Crippen molar-refractivity contribution in [3.8, 4) is 11.1 Å². The number of rotatable bonds is 2. The molecule has 72 valence electrons. The second-order valence-corrected chi connectivity index (χ2v) is 3.14. The minimum Gasteiger partial charge on any atom is -0.292 e. The van der Waals surface area contributed by atoms with Crippen LogP contribution in [0.3, 0.4) is 0 Å². The largest absolute Gasteiger partial charge is 0.292 e. The van der Waals surface area contributed by atoms with E-state index in [1.54, 1.807) is 4.68 Å². The van der Waals surface area contributed by atoms with Crippen molar-refractivity contribution in [2.45, 2.75) is 13.5 Å². The highest BCUT2D eigenvalue weighted by atomic mass is 16.1. The van der Waals surface area contributed by atoms with Gasteiger partial charge in [-0.05, 0) is 12.5 Å². The molecule has 0 fully saturated rings. The van der Waals surface area contributed by atoms with Crippen molar-refractivity contribution >= 4 is 0 Å². The first-order chi connectivity index (χ1) is 6.81. The molecule has 0 aliphatic heterocycles. The van der Waals surface area contributed by atoms with E-state index in [2.05, 4.69) is 5.10 Å². The first kappa shape index (κ1) is 8.81. The Labute approximate surface area is 82.0 Å². The summed E-state index contributed by atoms with van der Waals surface area (Å²) in [5.74, 6) is 0. The summed E-state index contributed by atoms with van der Waals surface area (Å²) < 4.78 is 1.78. The van der Waals surface area contributed by atoms with Gasteiger partial charge in [-0.1, -0.05) is 30.3 Å². The Kier molecular flexibility index (Phi) is 2.23. The van der Waals surface area contributed by atoms with Crippen LogP contribution in [0.4, 0.5) is 0 Å². The number of aryl methyl sites for hydroxylation is 1. The molecule has 2 rings (SSSR count). The average molecular weight is 188 g/mol. The summed E-state index contributed by atoms with van der Waals surface area (Å²) in [5.41, 5.74) is 1.66. The van der Waals surface area contributed by atoms with Crippen LogP contribution < -0.4 is 5.56 Å². The van der Waals surface area contributed by atoms with Crippen LogP contribution in [-0.2, 0) is 6.54 Å². The van der Waals surface area contributed by atoms with Gasteiger partial charge < -0.3 is 0 Å². The molecule has 1 aromatic carbocycles. The second-order valence-electron chi connectivity index (χ2n) is 3.14. The fraction of sp³-hybridized carbons (Fsp3) is 0.182. The lowest BCUT2D eigenvalue weighted by Gasteiger charge is -1.94. The Morgan fingerprint density at radius 2 is 2.00 bits per heavy atom. The SMILES string of the molecule is CCn1cc(-c2ccccc2)c(=O)[nH]1. The van der Waals surface area contributed by atoms with Crippen LogP contribution >= 0.6 is 0 Å². The lowest BCUT2D eigenvalue weighted by molar-refractivity contribution is 0.653. The van der Waals surface area contributed by atoms with Crippen LogP contribution in [-0.4, -0.2) is 9.78 Å². The van der Waals surface area contributed by atoms with Crippen molar-refractivity contribution < 1.29 is 0 Å². The maximum Gasteiger partial charge on any atom is 0.271 e. The molecular weight excluding hydrogens is 176 g/mol. The van der Waals surface area contributed by atoms with Gasteiger partial charge in [0.2, 0.25) is 0 Å². The van der Waals surface area contributed by atoms with Crippen molar-refractivity contribution in [2.24, 2.45) is 0 Å². The number of hydrogen-bond acceptors (Lipinski definition) is 1. The van der Waals surface area contributed by atoms with Crippen LogP contribution in [0.1, 0.15) is 6.92 Å². The van der Waals surface area contributed by atoms with E-state index in [0.29, 0.717) is 0 Å². The van der Waals surface area contributed by atoms with Gasteiger partial charge in [-0.2, -0.15) is 0 Å². The van der Waals surface area contributed by atoms with Crippen LogP contribution in [0.25, 0.3) is 11.1 Å². The van der Waals surface area contributed by atoms with Crippen LogP contribution in [0.5, 0.6) is 0 Å². The smallest absolute Gasteiger partial charge is 0.271 e. The normalized spacial score (nSPS) is 10.4. The minimum atomic E-state index is -0.0296. The molecule has 0 aliphatic rings. The molecule has 0 atom stereocenters. The van der Waals surface area contributed by atoms with Gasteiger partial charge in [0.1, 0.15) is 0 Å². The molecule has 1 heterocycles. The topological polar surface area (TPSA) is 37.8 Å². The standard InChI is InChI=1S/C11H12N2O/c1-2-13-8-10(11(14)12-13)9-6-4-3-5-7-9/h3-8H,2H2,1H3,(H,12,14). The van der Waals surface area contributed by atoms with Gasteiger partial charge in [-0.3, -0.25) is 14.6 Å². The molecule has 0 saturated carbocycles. The summed E-state index contributed by atoms with van der Waals surface area (Å²) >= 11 is 0. The van der Waals surface area contributed by atoms with Gasteiger partial charge in [0, 0.05) is 12.7 Å². The zero-order valence-corrected chi connectivity index (χ0v) is 8.03. The van der Waals surface area contributed by atoms with Crippen molar-refractivity contribution in [3.05, 3.63) is 46.9 Å². The molecule has 0 amide bonds. The first-order valence-corrected chi connectivity index (χ1v) is 4.66. The molecule has 0 unspecified atom stereocenters. The summed E-state index contributed by atoms with van der Waals surface area (Å²) in [7, 11) is 0. The predicted molar refractivity (Wildman–Crippen MR) is 56.2 cm³/mol. The number of benzene rings is 1. The van der Waals surface area contributed by atoms with Crippen molar-refractivity contribution in [3.63, 3.8) is 0 Å². The fourth-order valence-electron chi connectivity index (χ4n) is 1.43. The molecule has 14 heavy (non-hydrogen) atoms. The summed E-state index contributed by atoms with van der Waals surface area (Å²) in [5, 5.41) is 2.75. The molecule has 0 aliphatic carbocycles. The summed E-state index contributed by atoms with van der Waals surface area (Å²) in [4.78, 5) is 11.5. The van der Waals surface area contributed by atoms with E-state index < -0.39 is 0 Å². The van der Waals surface area contributed by atoms with Gasteiger partial charge in [0.25, 0.3) is 5.56 Å². The number of aromatic nitrogens is 2. The summed E-state index contributed by atoms with van der Waals surface area (Å²) in [6, 6.07) is 9.67. The van der Waals surface area contributed by atoms with E-state index in [9.17, 15) is 4.79 Å². The van der Waals surface area contributed by atoms with Crippen molar-refractivity contribution in [1.82, 2.24) is 9.78 Å². The quantitative estimate of drug-likeness (QED) is 0.767. The Balaban J connectivity index is 2.52. The summed E-state index contributed by atoms with van der Waals surface area (Å²) in [6.45, 7) is 2.77. The van der Waals surface area contributed by atoms with Crippen LogP contribution in [0, 0.1) is 0 Å². The monoisotopic (exact) mass is 188 g/mol. The molecule has 3 nitrogen and oxygen atoms in total. The number of nitrogens with one attached hydrogen (secondary N) is 1. The zero-order chi connectivity index (χ0) is 9.97. The van der Waals surface area contributed by atoms with E-state index in [0.717, 1.165) is 17.7 Å². The maximum absolute atomic E-state index is 11.5. The molecule has 0 radical (unpaired) electrons. The number of aromatic amines is 1. The average Bonchev–Trinajstić information content (AvgIpc) is 2.61. The first-order valence-electron chi connectivity index (χ1n) is 4.66. The van der Waals surface area contributed by atoms with Crippen LogP contribution in [0.15, 0.2) is 41.3 Å². The van der Waals surface area contributed by atoms with E-state index in [-0.39, 0.29) is 5.56 Å². The third-order valence-corrected chi connectivity index (χ3v) is 2.20. The third-order valence-electron chi connectivity index (χ3n) is 2.20. The van der Waals surface area contributed by atoms with Gasteiger partial charge in [0.05, 0.1) is 5.56 Å². The van der Waals surface area contributed by atoms with Gasteiger partial charge >= 0.3 is 0 Å². The molecule has 1 N–H and O–H groups in total. The van der Waals surface area contributed by atoms with Gasteiger partial charge in [-0.15, -0.1) is 0 Å². The van der Waals surface area contributed by atoms with E-state index in [1.807, 2.05) is 43.5 Å². The molecule has 2 aromatic rings. The summed E-state index contributed by atoms with van der Waals surface area (Å²) in [6.07, 6.45) is 1.84. The zero-order valence-electron chi connectivity index (χ0n) is 8.03. The van der Waals surface area contributed by atoms with Crippen molar-refractivity contribution in [1.29, 1.82) is 0 Å². The van der Waals surface area contributed by atoms with Gasteiger partial charge in [-0.25, -0.2) is 0 Å². The molecule has 0 saturated heterocycles. The van der Waals surface area contributed by atoms with E-state index in [1.165, 1.54) is 0 Å². The molecule has 0 spiro atoms. The Hall–Kier alpha value is -1.77. The Morgan fingerprint density at radius 1 is 1.29 bits per heavy atom. The minimum absolute atomic E-state index is 0.0296. The lowest BCUT2D eigenvalue weighted by Crippen LogP contribution is -2.05. The molecule has 3 heteroatoms. The second kappa shape index (κ2) is 3.54. The number of nitrogens with zero attached hydrogens (tertiary/aromatic N) is 1. The van der Waals surface area contributed by atoms with E-state index in [4.69, 9.17) is 0 Å². The highest BCUT2D eigenvalue weighted by Gasteiger charge is 2.04. The number of H-pyrrole nitrogens is 1. The third kappa shape index (κ3) is 1.48. The fourth-order valence-corrected chi connectivity index (χ4v) is 1.43. The molecule has 0 bridgehead atoms. The van der Waals surface area contributed by atoms with Gasteiger partial charge in [0.15, 0.2) is 0 Å². The number of hydrogen-bond donors (Lipinski definition) is 1. The molecular formula is C11H12N2O. The van der Waals surface area contributed by atoms with E-state index >= 15 is 0 Å². The Morgan fingerprint density at radius 3 is 2.57 bits per heavy atom. The highest BCUT2D eigenvalue weighted by Crippen LogP contribution is 2.13. The Bertz CT molecular complexity index is 468. The maximum atomic E-state index is 11.5. The van der Waals surface area contributed by atoms with Crippen LogP contribution in [0.2, 0.25) is 0 Å².